The number of nitrogens with zero attached hydrogens (tertiary/aromatic N) is 1. The van der Waals surface area contributed by atoms with E-state index in [0.29, 0.717) is 23.7 Å². The van der Waals surface area contributed by atoms with Crippen LogP contribution in [-0.4, -0.2) is 36.3 Å². The van der Waals surface area contributed by atoms with Gasteiger partial charge < -0.3 is 10.2 Å². The fraction of sp³-hybridized carbons (Fsp3) is 0.385. The fourth-order valence-corrected chi connectivity index (χ4v) is 1.81. The van der Waals surface area contributed by atoms with Crippen LogP contribution in [0.2, 0.25) is 5.02 Å². The van der Waals surface area contributed by atoms with Gasteiger partial charge in [-0.15, -0.1) is 0 Å². The van der Waals surface area contributed by atoms with Crippen molar-refractivity contribution in [3.63, 3.8) is 0 Å². The number of carbonyl (C=O) groups is 2. The molecule has 0 spiro atoms. The van der Waals surface area contributed by atoms with Crippen LogP contribution in [0.3, 0.4) is 0 Å². The summed E-state index contributed by atoms with van der Waals surface area (Å²) in [4.78, 5) is 25.2. The van der Waals surface area contributed by atoms with Gasteiger partial charge in [-0.1, -0.05) is 23.7 Å². The quantitative estimate of drug-likeness (QED) is 0.887. The van der Waals surface area contributed by atoms with Gasteiger partial charge in [-0.3, -0.25) is 9.59 Å². The van der Waals surface area contributed by atoms with Gasteiger partial charge in [-0.2, -0.15) is 0 Å². The highest BCUT2D eigenvalue weighted by Gasteiger charge is 2.13. The van der Waals surface area contributed by atoms with E-state index in [1.807, 2.05) is 13.8 Å². The molecule has 1 aromatic rings. The molecule has 5 heteroatoms. The van der Waals surface area contributed by atoms with Crippen LogP contribution in [0.4, 0.5) is 0 Å². The maximum Gasteiger partial charge on any atom is 0.253 e. The Morgan fingerprint density at radius 2 is 1.83 bits per heavy atom. The molecule has 0 unspecified atom stereocenters. The summed E-state index contributed by atoms with van der Waals surface area (Å²) in [6.45, 7) is 5.06. The van der Waals surface area contributed by atoms with E-state index in [1.54, 1.807) is 29.2 Å². The number of amides is 2. The van der Waals surface area contributed by atoms with E-state index in [-0.39, 0.29) is 18.4 Å². The van der Waals surface area contributed by atoms with Crippen LogP contribution < -0.4 is 5.32 Å². The Bertz CT molecular complexity index is 431. The van der Waals surface area contributed by atoms with Crippen molar-refractivity contribution in [3.05, 3.63) is 34.9 Å². The lowest BCUT2D eigenvalue weighted by Crippen LogP contribution is -2.40. The van der Waals surface area contributed by atoms with Gasteiger partial charge in [0.1, 0.15) is 0 Å². The largest absolute Gasteiger partial charge is 0.343 e. The molecular formula is C13H17ClN2O2. The number of rotatable bonds is 5. The minimum atomic E-state index is -0.332. The highest BCUT2D eigenvalue weighted by Crippen LogP contribution is 2.14. The van der Waals surface area contributed by atoms with Crippen LogP contribution in [0, 0.1) is 0 Å². The molecule has 0 heterocycles. The first-order chi connectivity index (χ1) is 8.60. The highest BCUT2D eigenvalue weighted by atomic mass is 35.5. The third-order valence-corrected chi connectivity index (χ3v) is 2.96. The van der Waals surface area contributed by atoms with Gasteiger partial charge in [0.15, 0.2) is 0 Å². The first-order valence-electron chi connectivity index (χ1n) is 5.90. The Hall–Kier alpha value is -1.55. The van der Waals surface area contributed by atoms with Gasteiger partial charge in [0.25, 0.3) is 5.91 Å². The normalized spacial score (nSPS) is 9.94. The molecule has 0 radical (unpaired) electrons. The summed E-state index contributed by atoms with van der Waals surface area (Å²) in [6, 6.07) is 6.75. The van der Waals surface area contributed by atoms with Crippen molar-refractivity contribution >= 4 is 23.4 Å². The lowest BCUT2D eigenvalue weighted by atomic mass is 10.2. The summed E-state index contributed by atoms with van der Waals surface area (Å²) in [5.41, 5.74) is 0.381. The lowest BCUT2D eigenvalue weighted by Gasteiger charge is -2.18. The molecule has 0 bridgehead atoms. The number of benzene rings is 1. The Morgan fingerprint density at radius 3 is 2.39 bits per heavy atom. The Labute approximate surface area is 112 Å². The number of halogens is 1. The fourth-order valence-electron chi connectivity index (χ4n) is 1.58. The van der Waals surface area contributed by atoms with Gasteiger partial charge in [0.2, 0.25) is 5.91 Å². The second kappa shape index (κ2) is 7.01. The second-order valence-electron chi connectivity index (χ2n) is 3.73. The van der Waals surface area contributed by atoms with Gasteiger partial charge in [-0.25, -0.2) is 0 Å². The maximum absolute atomic E-state index is 11.8. The molecule has 2 amide bonds. The summed E-state index contributed by atoms with van der Waals surface area (Å²) in [6.07, 6.45) is 0. The van der Waals surface area contributed by atoms with Crippen molar-refractivity contribution < 1.29 is 9.59 Å². The molecule has 0 aliphatic heterocycles. The van der Waals surface area contributed by atoms with E-state index in [9.17, 15) is 9.59 Å². The smallest absolute Gasteiger partial charge is 0.253 e. The zero-order valence-corrected chi connectivity index (χ0v) is 11.3. The van der Waals surface area contributed by atoms with Crippen molar-refractivity contribution in [3.8, 4) is 0 Å². The van der Waals surface area contributed by atoms with Crippen molar-refractivity contribution in [1.29, 1.82) is 0 Å². The van der Waals surface area contributed by atoms with Gasteiger partial charge >= 0.3 is 0 Å². The molecule has 0 atom stereocenters. The summed E-state index contributed by atoms with van der Waals surface area (Å²) in [7, 11) is 0. The van der Waals surface area contributed by atoms with Gasteiger partial charge in [-0.05, 0) is 26.0 Å². The molecule has 98 valence electrons. The topological polar surface area (TPSA) is 49.4 Å². The van der Waals surface area contributed by atoms with E-state index < -0.39 is 0 Å². The molecule has 0 saturated carbocycles. The van der Waals surface area contributed by atoms with E-state index in [2.05, 4.69) is 5.32 Å². The summed E-state index contributed by atoms with van der Waals surface area (Å²) >= 11 is 5.90. The van der Waals surface area contributed by atoms with Crippen LogP contribution in [0.15, 0.2) is 24.3 Å². The molecule has 4 nitrogen and oxygen atoms in total. The Kier molecular flexibility index (Phi) is 5.65. The third kappa shape index (κ3) is 3.74. The summed E-state index contributed by atoms with van der Waals surface area (Å²) in [5, 5.41) is 2.95. The number of hydrogen-bond acceptors (Lipinski definition) is 2. The second-order valence-corrected chi connectivity index (χ2v) is 4.14. The van der Waals surface area contributed by atoms with E-state index in [4.69, 9.17) is 11.6 Å². The monoisotopic (exact) mass is 268 g/mol. The van der Waals surface area contributed by atoms with E-state index in [0.717, 1.165) is 0 Å². The zero-order chi connectivity index (χ0) is 13.5. The highest BCUT2D eigenvalue weighted by molar-refractivity contribution is 6.33. The number of nitrogens with one attached hydrogen (secondary N) is 1. The third-order valence-electron chi connectivity index (χ3n) is 2.63. The van der Waals surface area contributed by atoms with Crippen molar-refractivity contribution in [1.82, 2.24) is 10.2 Å². The molecular weight excluding hydrogens is 252 g/mol. The van der Waals surface area contributed by atoms with Crippen LogP contribution >= 0.6 is 11.6 Å². The minimum Gasteiger partial charge on any atom is -0.343 e. The van der Waals surface area contributed by atoms with Crippen molar-refractivity contribution in [2.45, 2.75) is 13.8 Å². The molecule has 1 N–H and O–H groups in total. The Balaban J connectivity index is 2.57. The van der Waals surface area contributed by atoms with E-state index in [1.165, 1.54) is 0 Å². The van der Waals surface area contributed by atoms with Crippen LogP contribution in [0.1, 0.15) is 24.2 Å². The predicted octanol–water partition coefficient (Wildman–Crippen LogP) is 1.94. The number of carbonyl (C=O) groups excluding carboxylic acids is 2. The molecule has 1 aromatic carbocycles. The maximum atomic E-state index is 11.8. The molecule has 18 heavy (non-hydrogen) atoms. The van der Waals surface area contributed by atoms with Gasteiger partial charge in [0.05, 0.1) is 17.1 Å². The average molecular weight is 269 g/mol. The predicted molar refractivity (Wildman–Crippen MR) is 71.7 cm³/mol. The van der Waals surface area contributed by atoms with Crippen molar-refractivity contribution in [2.24, 2.45) is 0 Å². The SMILES string of the molecule is CCN(CC)C(=O)CNC(=O)c1ccccc1Cl. The molecule has 0 aliphatic rings. The van der Waals surface area contributed by atoms with E-state index >= 15 is 0 Å². The van der Waals surface area contributed by atoms with Gasteiger partial charge in [0, 0.05) is 13.1 Å². The number of likely N-dealkylation sites (N-methyl/N-ethyl adjacent to an activating group) is 1. The first kappa shape index (κ1) is 14.5. The molecule has 0 aliphatic carbocycles. The zero-order valence-electron chi connectivity index (χ0n) is 10.6. The summed E-state index contributed by atoms with van der Waals surface area (Å²) in [5.74, 6) is -0.429. The molecule has 0 saturated heterocycles. The lowest BCUT2D eigenvalue weighted by molar-refractivity contribution is -0.129. The van der Waals surface area contributed by atoms with Crippen LogP contribution in [0.25, 0.3) is 0 Å². The van der Waals surface area contributed by atoms with Crippen LogP contribution in [-0.2, 0) is 4.79 Å². The minimum absolute atomic E-state index is 0.00820. The summed E-state index contributed by atoms with van der Waals surface area (Å²) < 4.78 is 0. The van der Waals surface area contributed by atoms with Crippen molar-refractivity contribution in [2.75, 3.05) is 19.6 Å². The number of hydrogen-bond donors (Lipinski definition) is 1. The first-order valence-corrected chi connectivity index (χ1v) is 6.28. The molecule has 1 rings (SSSR count). The Morgan fingerprint density at radius 1 is 1.22 bits per heavy atom. The molecule has 0 aromatic heterocycles. The average Bonchev–Trinajstić information content (AvgIpc) is 2.38. The molecule has 0 fully saturated rings. The van der Waals surface area contributed by atoms with Crippen LogP contribution in [0.5, 0.6) is 0 Å². The standard InChI is InChI=1S/C13H17ClN2O2/c1-3-16(4-2)12(17)9-15-13(18)10-7-5-6-8-11(10)14/h5-8H,3-4,9H2,1-2H3,(H,15,18).